The fraction of sp³-hybridized carbons (Fsp3) is 0.929. The Morgan fingerprint density at radius 1 is 0.394 bits per heavy atom. The standard InChI is InChI=1S/2C14H28NO.Mn/c2*1-11(2,3)14(16,12(4,5)6)10-15-13(7,8)9;/h2*10H,1-9H3;/q2*-1;+2. The van der Waals surface area contributed by atoms with Crippen molar-refractivity contribution in [1.29, 1.82) is 0 Å². The molecule has 0 aliphatic rings. The van der Waals surface area contributed by atoms with Crippen molar-refractivity contribution in [3.8, 4) is 0 Å². The van der Waals surface area contributed by atoms with E-state index in [9.17, 15) is 10.2 Å². The third-order valence-electron chi connectivity index (χ3n) is 5.72. The van der Waals surface area contributed by atoms with Crippen LogP contribution >= 0.6 is 0 Å². The summed E-state index contributed by atoms with van der Waals surface area (Å²) in [4.78, 5) is 8.85. The summed E-state index contributed by atoms with van der Waals surface area (Å²) in [6.07, 6.45) is 3.26. The largest absolute Gasteiger partial charge is 2.00 e. The minimum atomic E-state index is -1.16. The molecule has 33 heavy (non-hydrogen) atoms. The average Bonchev–Trinajstić information content (AvgIpc) is 2.44. The van der Waals surface area contributed by atoms with Gasteiger partial charge in [-0.25, -0.2) is 0 Å². The molecule has 0 aromatic heterocycles. The third kappa shape index (κ3) is 11.4. The summed E-state index contributed by atoms with van der Waals surface area (Å²) in [5.41, 5.74) is -4.08. The van der Waals surface area contributed by atoms with Crippen LogP contribution in [0, 0.1) is 21.7 Å². The van der Waals surface area contributed by atoms with Crippen LogP contribution in [0.5, 0.6) is 0 Å². The summed E-state index contributed by atoms with van der Waals surface area (Å²) in [5.74, 6) is 0. The number of aliphatic imine (C=N–C) groups is 2. The van der Waals surface area contributed by atoms with E-state index in [0.29, 0.717) is 0 Å². The van der Waals surface area contributed by atoms with Crippen LogP contribution in [0.3, 0.4) is 0 Å². The van der Waals surface area contributed by atoms with E-state index in [4.69, 9.17) is 0 Å². The van der Waals surface area contributed by atoms with Crippen LogP contribution < -0.4 is 10.2 Å². The Kier molecular flexibility index (Phi) is 12.7. The number of hydrogen-bond acceptors (Lipinski definition) is 4. The van der Waals surface area contributed by atoms with Crippen molar-refractivity contribution in [2.45, 2.75) is 147 Å². The summed E-state index contributed by atoms with van der Waals surface area (Å²) < 4.78 is 0. The Bertz CT molecular complexity index is 552. The second-order valence-corrected chi connectivity index (χ2v) is 15.3. The zero-order chi connectivity index (χ0) is 26.8. The fourth-order valence-electron chi connectivity index (χ4n) is 3.59. The molecule has 1 radical (unpaired) electrons. The van der Waals surface area contributed by atoms with Crippen LogP contribution in [0.25, 0.3) is 0 Å². The van der Waals surface area contributed by atoms with Crippen LogP contribution in [0.2, 0.25) is 0 Å². The summed E-state index contributed by atoms with van der Waals surface area (Å²) in [7, 11) is 0. The van der Waals surface area contributed by atoms with E-state index in [1.807, 2.05) is 125 Å². The molecule has 5 heteroatoms. The van der Waals surface area contributed by atoms with E-state index >= 15 is 0 Å². The van der Waals surface area contributed by atoms with Crippen molar-refractivity contribution in [2.24, 2.45) is 31.6 Å². The second kappa shape index (κ2) is 11.2. The minimum Gasteiger partial charge on any atom is -0.845 e. The molecule has 0 aliphatic heterocycles. The molecule has 0 N–H and O–H groups in total. The molecule has 0 saturated heterocycles. The first kappa shape index (κ1) is 37.3. The Morgan fingerprint density at radius 2 is 0.545 bits per heavy atom. The van der Waals surface area contributed by atoms with Gasteiger partial charge in [-0.1, -0.05) is 94.3 Å². The first-order valence-corrected chi connectivity index (χ1v) is 11.9. The van der Waals surface area contributed by atoms with Crippen LogP contribution in [0.4, 0.5) is 0 Å². The van der Waals surface area contributed by atoms with Crippen molar-refractivity contribution in [3.63, 3.8) is 0 Å². The Hall–Kier alpha value is -0.221. The maximum Gasteiger partial charge on any atom is 2.00 e. The molecule has 0 unspecified atom stereocenters. The van der Waals surface area contributed by atoms with Gasteiger partial charge in [0.2, 0.25) is 0 Å². The molecule has 0 aromatic rings. The second-order valence-electron chi connectivity index (χ2n) is 15.3. The van der Waals surface area contributed by atoms with Gasteiger partial charge in [-0.15, -0.1) is 0 Å². The van der Waals surface area contributed by atoms with Gasteiger partial charge in [0.1, 0.15) is 0 Å². The predicted molar refractivity (Wildman–Crippen MR) is 140 cm³/mol. The maximum atomic E-state index is 13.0. The Balaban J connectivity index is -0.000000529. The van der Waals surface area contributed by atoms with E-state index in [1.54, 1.807) is 12.4 Å². The molecule has 0 saturated carbocycles. The summed E-state index contributed by atoms with van der Waals surface area (Å²) in [6.45, 7) is 35.9. The van der Waals surface area contributed by atoms with E-state index < -0.39 is 11.2 Å². The van der Waals surface area contributed by atoms with E-state index in [-0.39, 0.29) is 49.8 Å². The van der Waals surface area contributed by atoms with Gasteiger partial charge in [0.05, 0.1) is 11.1 Å². The fourth-order valence-corrected chi connectivity index (χ4v) is 3.59. The first-order valence-electron chi connectivity index (χ1n) is 11.9. The normalized spacial score (nSPS) is 15.4. The third-order valence-corrected chi connectivity index (χ3v) is 5.72. The molecule has 0 fully saturated rings. The van der Waals surface area contributed by atoms with E-state index in [2.05, 4.69) is 9.98 Å². The number of rotatable bonds is 2. The molecule has 0 bridgehead atoms. The molecule has 0 spiro atoms. The van der Waals surface area contributed by atoms with Gasteiger partial charge in [0.15, 0.2) is 0 Å². The van der Waals surface area contributed by atoms with Gasteiger partial charge in [-0.05, 0) is 75.6 Å². The van der Waals surface area contributed by atoms with Crippen LogP contribution in [0.15, 0.2) is 9.98 Å². The van der Waals surface area contributed by atoms with Gasteiger partial charge >= 0.3 is 17.1 Å². The maximum absolute atomic E-state index is 13.0. The molecule has 4 nitrogen and oxygen atoms in total. The quantitative estimate of drug-likeness (QED) is 0.335. The summed E-state index contributed by atoms with van der Waals surface area (Å²) >= 11 is 0. The van der Waals surface area contributed by atoms with Crippen molar-refractivity contribution in [3.05, 3.63) is 0 Å². The minimum absolute atomic E-state index is 0. The van der Waals surface area contributed by atoms with Gasteiger partial charge in [-0.2, -0.15) is 0 Å². The smallest absolute Gasteiger partial charge is 0.845 e. The van der Waals surface area contributed by atoms with Crippen molar-refractivity contribution in [1.82, 2.24) is 0 Å². The van der Waals surface area contributed by atoms with Gasteiger partial charge in [-0.3, -0.25) is 9.98 Å². The molecule has 197 valence electrons. The van der Waals surface area contributed by atoms with Crippen molar-refractivity contribution < 1.29 is 27.3 Å². The van der Waals surface area contributed by atoms with Crippen LogP contribution in [-0.4, -0.2) is 34.7 Å². The van der Waals surface area contributed by atoms with Crippen molar-refractivity contribution >= 4 is 12.4 Å². The molecule has 0 aromatic carbocycles. The van der Waals surface area contributed by atoms with Gasteiger partial charge < -0.3 is 10.2 Å². The average molecular weight is 508 g/mol. The SMILES string of the molecule is CC(C)(C)N=CC([O-])(C(C)(C)C)C(C)(C)C.CC(C)(C)N=CC([O-])(C(C)(C)C)C(C)(C)C.[Mn+2]. The number of hydrogen-bond donors (Lipinski definition) is 0. The topological polar surface area (TPSA) is 70.8 Å². The molecule has 0 atom stereocenters. The van der Waals surface area contributed by atoms with Crippen molar-refractivity contribution in [2.75, 3.05) is 0 Å². The van der Waals surface area contributed by atoms with E-state index in [1.165, 1.54) is 0 Å². The van der Waals surface area contributed by atoms with Gasteiger partial charge in [0, 0.05) is 0 Å². The Labute approximate surface area is 218 Å². The monoisotopic (exact) mass is 507 g/mol. The molecule has 0 heterocycles. The number of nitrogens with zero attached hydrogens (tertiary/aromatic N) is 2. The Morgan fingerprint density at radius 3 is 0.636 bits per heavy atom. The molecular weight excluding hydrogens is 451 g/mol. The summed E-state index contributed by atoms with van der Waals surface area (Å²) in [5, 5.41) is 26.1. The molecule has 0 rings (SSSR count). The molecule has 0 aliphatic carbocycles. The van der Waals surface area contributed by atoms with Crippen LogP contribution in [-0.2, 0) is 17.1 Å². The van der Waals surface area contributed by atoms with Crippen LogP contribution in [0.1, 0.15) is 125 Å². The zero-order valence-corrected chi connectivity index (χ0v) is 26.4. The predicted octanol–water partition coefficient (Wildman–Crippen LogP) is 6.09. The van der Waals surface area contributed by atoms with Gasteiger partial charge in [0.25, 0.3) is 0 Å². The molecule has 0 amide bonds. The molecular formula is C28H56MnN2O2. The van der Waals surface area contributed by atoms with E-state index in [0.717, 1.165) is 0 Å². The summed E-state index contributed by atoms with van der Waals surface area (Å²) in [6, 6.07) is 0. The first-order chi connectivity index (χ1) is 13.4. The zero-order valence-electron chi connectivity index (χ0n) is 25.2.